The number of unbranched alkanes of at least 4 members (excludes halogenated alkanes) is 2. The van der Waals surface area contributed by atoms with Crippen molar-refractivity contribution >= 4 is 23.3 Å². The lowest BCUT2D eigenvalue weighted by Crippen LogP contribution is -2.45. The largest absolute Gasteiger partial charge is 0.493 e. The molecule has 0 radical (unpaired) electrons. The Morgan fingerprint density at radius 1 is 1.15 bits per heavy atom. The van der Waals surface area contributed by atoms with E-state index in [2.05, 4.69) is 24.5 Å². The molecular formula is C20H28N2O3S. The number of thiocarbonyl (C=S) groups is 1. The van der Waals surface area contributed by atoms with E-state index in [1.165, 1.54) is 0 Å². The van der Waals surface area contributed by atoms with Crippen LogP contribution in [0.15, 0.2) is 35.5 Å². The number of hydrogen-bond donors (Lipinski definition) is 2. The van der Waals surface area contributed by atoms with Crippen molar-refractivity contribution in [1.29, 1.82) is 0 Å². The maximum absolute atomic E-state index is 12.7. The monoisotopic (exact) mass is 376 g/mol. The molecule has 0 aromatic heterocycles. The zero-order valence-electron chi connectivity index (χ0n) is 15.8. The van der Waals surface area contributed by atoms with Gasteiger partial charge in [-0.25, -0.2) is 4.79 Å². The number of allylic oxidation sites excluding steroid dienone is 1. The summed E-state index contributed by atoms with van der Waals surface area (Å²) in [6, 6.07) is 7.33. The first-order chi connectivity index (χ1) is 12.6. The van der Waals surface area contributed by atoms with Gasteiger partial charge in [0.2, 0.25) is 0 Å². The molecule has 0 saturated carbocycles. The summed E-state index contributed by atoms with van der Waals surface area (Å²) in [6.07, 6.45) is 3.91. The van der Waals surface area contributed by atoms with Crippen molar-refractivity contribution in [2.45, 2.75) is 52.5 Å². The molecule has 2 rings (SSSR count). The van der Waals surface area contributed by atoms with Gasteiger partial charge in [0, 0.05) is 11.3 Å². The maximum Gasteiger partial charge on any atom is 0.338 e. The quantitative estimate of drug-likeness (QED) is 0.386. The van der Waals surface area contributed by atoms with E-state index in [0.717, 1.165) is 37.0 Å². The molecule has 0 amide bonds. The van der Waals surface area contributed by atoms with Crippen LogP contribution in [0.25, 0.3) is 0 Å². The zero-order valence-corrected chi connectivity index (χ0v) is 16.6. The molecule has 142 valence electrons. The first kappa shape index (κ1) is 20.2. The number of carbonyl (C=O) groups excluding carboxylic acids is 1. The van der Waals surface area contributed by atoms with Gasteiger partial charge < -0.3 is 20.1 Å². The Labute approximate surface area is 161 Å². The second-order valence-electron chi connectivity index (χ2n) is 6.30. The highest BCUT2D eigenvalue weighted by Gasteiger charge is 2.32. The van der Waals surface area contributed by atoms with Crippen LogP contribution >= 0.6 is 12.2 Å². The van der Waals surface area contributed by atoms with E-state index < -0.39 is 6.04 Å². The lowest BCUT2D eigenvalue weighted by atomic mass is 9.95. The lowest BCUT2D eigenvalue weighted by molar-refractivity contribution is -0.139. The van der Waals surface area contributed by atoms with Gasteiger partial charge in [0.25, 0.3) is 0 Å². The highest BCUT2D eigenvalue weighted by atomic mass is 32.1. The highest BCUT2D eigenvalue weighted by Crippen LogP contribution is 2.33. The van der Waals surface area contributed by atoms with E-state index in [0.29, 0.717) is 29.6 Å². The number of ether oxygens (including phenoxy) is 2. The fraction of sp³-hybridized carbons (Fsp3) is 0.500. The van der Waals surface area contributed by atoms with Gasteiger partial charge in [-0.2, -0.15) is 0 Å². The summed E-state index contributed by atoms with van der Waals surface area (Å²) in [5.74, 6) is 0.428. The molecule has 2 N–H and O–H groups in total. The predicted octanol–water partition coefficient (Wildman–Crippen LogP) is 4.00. The molecule has 1 heterocycles. The summed E-state index contributed by atoms with van der Waals surface area (Å²) in [5.41, 5.74) is 2.14. The molecule has 0 unspecified atom stereocenters. The molecule has 0 saturated heterocycles. The highest BCUT2D eigenvalue weighted by molar-refractivity contribution is 7.80. The fourth-order valence-electron chi connectivity index (χ4n) is 2.85. The van der Waals surface area contributed by atoms with Gasteiger partial charge in [0.1, 0.15) is 5.75 Å². The fourth-order valence-corrected chi connectivity index (χ4v) is 3.13. The summed E-state index contributed by atoms with van der Waals surface area (Å²) in [7, 11) is 0. The summed E-state index contributed by atoms with van der Waals surface area (Å²) in [4.78, 5) is 12.7. The SMILES string of the molecule is CCCCCOC(=O)C1=C(C)NC(=S)N[C@@H]1c1ccccc1OCCC. The molecule has 26 heavy (non-hydrogen) atoms. The van der Waals surface area contributed by atoms with Crippen LogP contribution in [-0.4, -0.2) is 24.3 Å². The van der Waals surface area contributed by atoms with Gasteiger partial charge in [0.05, 0.1) is 24.8 Å². The number of nitrogens with one attached hydrogen (secondary N) is 2. The van der Waals surface area contributed by atoms with Gasteiger partial charge in [-0.1, -0.05) is 44.9 Å². The molecule has 1 aromatic rings. The Morgan fingerprint density at radius 3 is 2.65 bits per heavy atom. The van der Waals surface area contributed by atoms with Crippen LogP contribution < -0.4 is 15.4 Å². The van der Waals surface area contributed by atoms with E-state index in [1.807, 2.05) is 31.2 Å². The van der Waals surface area contributed by atoms with E-state index in [4.69, 9.17) is 21.7 Å². The topological polar surface area (TPSA) is 59.6 Å². The molecule has 1 aliphatic heterocycles. The van der Waals surface area contributed by atoms with Crippen LogP contribution in [0.5, 0.6) is 5.75 Å². The molecule has 0 spiro atoms. The van der Waals surface area contributed by atoms with Crippen LogP contribution in [0.2, 0.25) is 0 Å². The minimum absolute atomic E-state index is 0.323. The third-order valence-corrected chi connectivity index (χ3v) is 4.38. The van der Waals surface area contributed by atoms with Crippen molar-refractivity contribution in [3.63, 3.8) is 0 Å². The number of para-hydroxylation sites is 1. The molecule has 1 atom stereocenters. The Kier molecular flexibility index (Phi) is 7.91. The lowest BCUT2D eigenvalue weighted by Gasteiger charge is -2.30. The van der Waals surface area contributed by atoms with Crippen molar-refractivity contribution in [2.75, 3.05) is 13.2 Å². The minimum atomic E-state index is -0.393. The van der Waals surface area contributed by atoms with Crippen molar-refractivity contribution in [2.24, 2.45) is 0 Å². The van der Waals surface area contributed by atoms with Gasteiger partial charge in [-0.3, -0.25) is 0 Å². The third-order valence-electron chi connectivity index (χ3n) is 4.16. The molecule has 0 fully saturated rings. The third kappa shape index (κ3) is 5.21. The van der Waals surface area contributed by atoms with Crippen LogP contribution in [-0.2, 0) is 9.53 Å². The van der Waals surface area contributed by atoms with E-state index >= 15 is 0 Å². The maximum atomic E-state index is 12.7. The standard InChI is InChI=1S/C20H28N2O3S/c1-4-6-9-13-25-19(23)17-14(3)21-20(26)22-18(17)15-10-7-8-11-16(15)24-12-5-2/h7-8,10-11,18H,4-6,9,12-13H2,1-3H3,(H2,21,22,26)/t18-/m1/s1. The average molecular weight is 377 g/mol. The Morgan fingerprint density at radius 2 is 1.92 bits per heavy atom. The minimum Gasteiger partial charge on any atom is -0.493 e. The first-order valence-electron chi connectivity index (χ1n) is 9.25. The van der Waals surface area contributed by atoms with Crippen LogP contribution in [0.1, 0.15) is 58.1 Å². The van der Waals surface area contributed by atoms with Crippen molar-refractivity contribution < 1.29 is 14.3 Å². The summed E-state index contributed by atoms with van der Waals surface area (Å²) >= 11 is 5.30. The number of benzene rings is 1. The molecule has 1 aromatic carbocycles. The van der Waals surface area contributed by atoms with Crippen LogP contribution in [0.4, 0.5) is 0 Å². The van der Waals surface area contributed by atoms with Crippen molar-refractivity contribution in [3.05, 3.63) is 41.1 Å². The number of rotatable bonds is 9. The molecule has 1 aliphatic rings. The molecule has 6 heteroatoms. The Bertz CT molecular complexity index is 673. The van der Waals surface area contributed by atoms with E-state index in [9.17, 15) is 4.79 Å². The second-order valence-corrected chi connectivity index (χ2v) is 6.71. The Hall–Kier alpha value is -2.08. The summed E-state index contributed by atoms with van der Waals surface area (Å²) in [6.45, 7) is 7.07. The number of esters is 1. The average Bonchev–Trinajstić information content (AvgIpc) is 2.63. The van der Waals surface area contributed by atoms with Crippen molar-refractivity contribution in [3.8, 4) is 5.75 Å². The van der Waals surface area contributed by atoms with Gasteiger partial charge in [-0.15, -0.1) is 0 Å². The van der Waals surface area contributed by atoms with Gasteiger partial charge in [0.15, 0.2) is 5.11 Å². The number of carbonyl (C=O) groups is 1. The molecule has 0 aliphatic carbocycles. The van der Waals surface area contributed by atoms with Gasteiger partial charge in [-0.05, 0) is 38.0 Å². The second kappa shape index (κ2) is 10.2. The van der Waals surface area contributed by atoms with Crippen LogP contribution in [0.3, 0.4) is 0 Å². The van der Waals surface area contributed by atoms with Crippen molar-refractivity contribution in [1.82, 2.24) is 10.6 Å². The molecular weight excluding hydrogens is 348 g/mol. The van der Waals surface area contributed by atoms with Crippen LogP contribution in [0, 0.1) is 0 Å². The normalized spacial score (nSPS) is 16.7. The zero-order chi connectivity index (χ0) is 18.9. The molecule has 5 nitrogen and oxygen atoms in total. The Balaban J connectivity index is 2.28. The predicted molar refractivity (Wildman–Crippen MR) is 107 cm³/mol. The van der Waals surface area contributed by atoms with Gasteiger partial charge >= 0.3 is 5.97 Å². The first-order valence-corrected chi connectivity index (χ1v) is 9.66. The smallest absolute Gasteiger partial charge is 0.338 e. The summed E-state index contributed by atoms with van der Waals surface area (Å²) in [5, 5.41) is 6.71. The summed E-state index contributed by atoms with van der Waals surface area (Å²) < 4.78 is 11.4. The van der Waals surface area contributed by atoms with E-state index in [1.54, 1.807) is 0 Å². The molecule has 0 bridgehead atoms. The number of hydrogen-bond acceptors (Lipinski definition) is 4. The van der Waals surface area contributed by atoms with E-state index in [-0.39, 0.29) is 5.97 Å².